The van der Waals surface area contributed by atoms with Gasteiger partial charge in [0.1, 0.15) is 5.82 Å². The quantitative estimate of drug-likeness (QED) is 0.599. The van der Waals surface area contributed by atoms with Gasteiger partial charge in [-0.05, 0) is 25.1 Å². The van der Waals surface area contributed by atoms with Crippen LogP contribution in [0, 0.1) is 11.7 Å². The predicted octanol–water partition coefficient (Wildman–Crippen LogP) is 1.37. The highest BCUT2D eigenvalue weighted by Gasteiger charge is 2.36. The highest BCUT2D eigenvalue weighted by Crippen LogP contribution is 2.27. The first kappa shape index (κ1) is 21.2. The number of hydrazine groups is 1. The fourth-order valence-electron chi connectivity index (χ4n) is 3.68. The Balaban J connectivity index is 1.48. The molecule has 9 nitrogen and oxygen atoms in total. The number of hydrogen-bond donors (Lipinski definition) is 2. The van der Waals surface area contributed by atoms with Crippen molar-refractivity contribution in [3.63, 3.8) is 0 Å². The number of hydrogen-bond acceptors (Lipinski definition) is 5. The summed E-state index contributed by atoms with van der Waals surface area (Å²) in [5, 5.41) is 4.80. The molecule has 0 unspecified atom stereocenters. The first-order valence-corrected chi connectivity index (χ1v) is 10.1. The van der Waals surface area contributed by atoms with Gasteiger partial charge in [-0.25, -0.2) is 9.07 Å². The summed E-state index contributed by atoms with van der Waals surface area (Å²) >= 11 is 0. The van der Waals surface area contributed by atoms with Crippen molar-refractivity contribution in [2.24, 2.45) is 5.92 Å². The number of carbonyl (C=O) groups excluding carboxylic acids is 3. The molecule has 1 atom stereocenters. The van der Waals surface area contributed by atoms with E-state index in [1.54, 1.807) is 37.3 Å². The zero-order valence-electron chi connectivity index (χ0n) is 17.2. The van der Waals surface area contributed by atoms with Gasteiger partial charge in [0, 0.05) is 24.9 Å². The molecule has 1 fully saturated rings. The molecule has 0 bridgehead atoms. The molecule has 164 valence electrons. The molecule has 1 saturated heterocycles. The minimum Gasteiger partial charge on any atom is -0.309 e. The molecule has 0 radical (unpaired) electrons. The third-order valence-electron chi connectivity index (χ3n) is 5.32. The predicted molar refractivity (Wildman–Crippen MR) is 114 cm³/mol. The number of halogens is 1. The number of amides is 3. The Hall–Kier alpha value is -4.08. The second kappa shape index (κ2) is 8.58. The first-order valence-electron chi connectivity index (χ1n) is 10.1. The summed E-state index contributed by atoms with van der Waals surface area (Å²) in [6.45, 7) is 1.99. The number of rotatable bonds is 4. The number of anilines is 1. The monoisotopic (exact) mass is 437 g/mol. The van der Waals surface area contributed by atoms with E-state index in [0.29, 0.717) is 10.8 Å². The molecule has 0 saturated carbocycles. The molecule has 1 aliphatic heterocycles. The van der Waals surface area contributed by atoms with E-state index in [-0.39, 0.29) is 42.4 Å². The van der Waals surface area contributed by atoms with Gasteiger partial charge in [0.15, 0.2) is 5.69 Å². The second-order valence-electron chi connectivity index (χ2n) is 7.32. The van der Waals surface area contributed by atoms with Crippen LogP contribution in [0.2, 0.25) is 0 Å². The number of carbonyl (C=O) groups is 3. The smallest absolute Gasteiger partial charge is 0.290 e. The molecule has 3 aromatic rings. The lowest BCUT2D eigenvalue weighted by Gasteiger charge is -2.17. The molecule has 0 spiro atoms. The number of fused-ring (bicyclic) bond motifs is 1. The van der Waals surface area contributed by atoms with Crippen molar-refractivity contribution in [1.82, 2.24) is 20.6 Å². The molecule has 4 rings (SSSR count). The molecule has 0 aliphatic carbocycles. The largest absolute Gasteiger partial charge is 0.309 e. The van der Waals surface area contributed by atoms with Crippen LogP contribution in [0.25, 0.3) is 10.8 Å². The lowest BCUT2D eigenvalue weighted by Crippen LogP contribution is -2.46. The van der Waals surface area contributed by atoms with Gasteiger partial charge in [0.05, 0.1) is 17.0 Å². The van der Waals surface area contributed by atoms with Gasteiger partial charge < -0.3 is 4.90 Å². The van der Waals surface area contributed by atoms with Crippen LogP contribution in [0.15, 0.2) is 53.3 Å². The molecular weight excluding hydrogens is 417 g/mol. The lowest BCUT2D eigenvalue weighted by molar-refractivity contribution is -0.126. The SMILES string of the molecule is CCn1nc(C(=O)NNC(=O)[C@@H]2CC(=O)N(c3ccccc3F)C2)c2ccccc2c1=O. The number of aryl methyl sites for hydroxylation is 1. The minimum atomic E-state index is -0.767. The number of nitrogens with zero attached hydrogens (tertiary/aromatic N) is 3. The Morgan fingerprint density at radius 3 is 2.47 bits per heavy atom. The van der Waals surface area contributed by atoms with Crippen LogP contribution in [-0.4, -0.2) is 34.0 Å². The number of benzene rings is 2. The Morgan fingerprint density at radius 1 is 1.06 bits per heavy atom. The summed E-state index contributed by atoms with van der Waals surface area (Å²) in [7, 11) is 0. The van der Waals surface area contributed by atoms with E-state index in [1.807, 2.05) is 0 Å². The summed E-state index contributed by atoms with van der Waals surface area (Å²) in [4.78, 5) is 51.2. The van der Waals surface area contributed by atoms with Gasteiger partial charge >= 0.3 is 0 Å². The zero-order chi connectivity index (χ0) is 22.8. The van der Waals surface area contributed by atoms with E-state index in [2.05, 4.69) is 16.0 Å². The van der Waals surface area contributed by atoms with Crippen LogP contribution in [0.1, 0.15) is 23.8 Å². The van der Waals surface area contributed by atoms with Crippen molar-refractivity contribution in [2.75, 3.05) is 11.4 Å². The molecule has 2 aromatic carbocycles. The maximum Gasteiger partial charge on any atom is 0.290 e. The molecule has 1 aliphatic rings. The van der Waals surface area contributed by atoms with Crippen molar-refractivity contribution < 1.29 is 18.8 Å². The van der Waals surface area contributed by atoms with E-state index in [9.17, 15) is 23.6 Å². The average Bonchev–Trinajstić information content (AvgIpc) is 3.19. The lowest BCUT2D eigenvalue weighted by atomic mass is 10.1. The van der Waals surface area contributed by atoms with E-state index in [0.717, 1.165) is 0 Å². The molecule has 3 amide bonds. The standard InChI is InChI=1S/C22H20FN5O4/c1-2-28-22(32)15-8-4-3-7-14(15)19(26-28)21(31)25-24-20(30)13-11-18(29)27(12-13)17-10-6-5-9-16(17)23/h3-10,13H,2,11-12H2,1H3,(H,24,30)(H,25,31)/t13-/m1/s1. The van der Waals surface area contributed by atoms with Gasteiger partial charge in [0.25, 0.3) is 11.5 Å². The molecule has 1 aromatic heterocycles. The molecule has 2 N–H and O–H groups in total. The van der Waals surface area contributed by atoms with Crippen LogP contribution < -0.4 is 21.3 Å². The minimum absolute atomic E-state index is 0.0106. The topological polar surface area (TPSA) is 113 Å². The fraction of sp³-hybridized carbons (Fsp3) is 0.227. The maximum absolute atomic E-state index is 14.0. The summed E-state index contributed by atoms with van der Waals surface area (Å²) in [6.07, 6.45) is -0.113. The normalized spacial score (nSPS) is 15.8. The number of nitrogens with one attached hydrogen (secondary N) is 2. The molecule has 10 heteroatoms. The Labute approximate surface area is 181 Å². The summed E-state index contributed by atoms with van der Waals surface area (Å²) in [6, 6.07) is 12.4. The van der Waals surface area contributed by atoms with Crippen LogP contribution in [0.3, 0.4) is 0 Å². The zero-order valence-corrected chi connectivity index (χ0v) is 17.2. The highest BCUT2D eigenvalue weighted by molar-refractivity contribution is 6.06. The second-order valence-corrected chi connectivity index (χ2v) is 7.32. The van der Waals surface area contributed by atoms with Gasteiger partial charge in [-0.2, -0.15) is 5.10 Å². The van der Waals surface area contributed by atoms with Crippen LogP contribution in [0.4, 0.5) is 10.1 Å². The van der Waals surface area contributed by atoms with Gasteiger partial charge in [0.2, 0.25) is 11.8 Å². The molecule has 2 heterocycles. The van der Waals surface area contributed by atoms with Gasteiger partial charge in [-0.3, -0.25) is 30.0 Å². The van der Waals surface area contributed by atoms with Gasteiger partial charge in [-0.1, -0.05) is 30.3 Å². The number of aromatic nitrogens is 2. The summed E-state index contributed by atoms with van der Waals surface area (Å²) in [5.74, 6) is -2.99. The van der Waals surface area contributed by atoms with Crippen molar-refractivity contribution >= 4 is 34.2 Å². The van der Waals surface area contributed by atoms with E-state index in [1.165, 1.54) is 27.8 Å². The third-order valence-corrected chi connectivity index (χ3v) is 5.32. The summed E-state index contributed by atoms with van der Waals surface area (Å²) < 4.78 is 15.2. The van der Waals surface area contributed by atoms with E-state index in [4.69, 9.17) is 0 Å². The van der Waals surface area contributed by atoms with Crippen molar-refractivity contribution in [3.8, 4) is 0 Å². The van der Waals surface area contributed by atoms with Crippen molar-refractivity contribution in [2.45, 2.75) is 19.9 Å². The Kier molecular flexibility index (Phi) is 5.67. The average molecular weight is 437 g/mol. The summed E-state index contributed by atoms with van der Waals surface area (Å²) in [5.41, 5.74) is 4.38. The fourth-order valence-corrected chi connectivity index (χ4v) is 3.68. The van der Waals surface area contributed by atoms with Crippen LogP contribution in [0.5, 0.6) is 0 Å². The van der Waals surface area contributed by atoms with Crippen LogP contribution in [-0.2, 0) is 16.1 Å². The molecular formula is C22H20FN5O4. The van der Waals surface area contributed by atoms with Gasteiger partial charge in [-0.15, -0.1) is 0 Å². The molecule has 32 heavy (non-hydrogen) atoms. The van der Waals surface area contributed by atoms with E-state index < -0.39 is 23.5 Å². The first-order chi connectivity index (χ1) is 15.4. The third kappa shape index (κ3) is 3.82. The van der Waals surface area contributed by atoms with Crippen molar-refractivity contribution in [3.05, 3.63) is 70.4 Å². The number of para-hydroxylation sites is 1. The van der Waals surface area contributed by atoms with E-state index >= 15 is 0 Å². The maximum atomic E-state index is 14.0. The Morgan fingerprint density at radius 2 is 1.75 bits per heavy atom. The van der Waals surface area contributed by atoms with Crippen LogP contribution >= 0.6 is 0 Å². The Bertz CT molecular complexity index is 1290. The van der Waals surface area contributed by atoms with Crippen molar-refractivity contribution in [1.29, 1.82) is 0 Å². The highest BCUT2D eigenvalue weighted by atomic mass is 19.1.